The van der Waals surface area contributed by atoms with Crippen LogP contribution >= 0.6 is 0 Å². The first-order valence-electron chi connectivity index (χ1n) is 5.12. The molecule has 1 rings (SSSR count). The monoisotopic (exact) mass is 196 g/mol. The summed E-state index contributed by atoms with van der Waals surface area (Å²) in [5, 5.41) is 2.04. The van der Waals surface area contributed by atoms with Crippen molar-refractivity contribution in [2.24, 2.45) is 11.5 Å². The van der Waals surface area contributed by atoms with Crippen molar-refractivity contribution in [2.75, 3.05) is 13.1 Å². The molecular weight excluding hydrogens is 176 g/mol. The molecule has 0 saturated carbocycles. The van der Waals surface area contributed by atoms with Crippen LogP contribution in [-0.4, -0.2) is 30.2 Å². The second-order valence-electron chi connectivity index (χ2n) is 3.38. The zero-order chi connectivity index (χ0) is 10.4. The van der Waals surface area contributed by atoms with Crippen molar-refractivity contribution in [3.63, 3.8) is 0 Å². The standard InChI is InChI=1S/C10H20N4/c1-2-13-14-8-4-3-5-10(14)9(12)6-7-11/h3-5,8-10,13H,2,6-7,11-12H2,1H3. The first kappa shape index (κ1) is 11.2. The second-order valence-corrected chi connectivity index (χ2v) is 3.38. The number of nitrogens with zero attached hydrogens (tertiary/aromatic N) is 1. The zero-order valence-corrected chi connectivity index (χ0v) is 8.69. The van der Waals surface area contributed by atoms with E-state index < -0.39 is 0 Å². The van der Waals surface area contributed by atoms with Crippen molar-refractivity contribution in [3.8, 4) is 0 Å². The molecule has 80 valence electrons. The molecule has 5 N–H and O–H groups in total. The van der Waals surface area contributed by atoms with Crippen molar-refractivity contribution < 1.29 is 0 Å². The van der Waals surface area contributed by atoms with Crippen LogP contribution in [0.15, 0.2) is 24.4 Å². The van der Waals surface area contributed by atoms with Gasteiger partial charge >= 0.3 is 0 Å². The van der Waals surface area contributed by atoms with E-state index in [2.05, 4.69) is 18.4 Å². The van der Waals surface area contributed by atoms with Gasteiger partial charge in [0.05, 0.1) is 6.04 Å². The lowest BCUT2D eigenvalue weighted by molar-refractivity contribution is 0.202. The Labute approximate surface area is 85.6 Å². The molecule has 1 aliphatic heterocycles. The lowest BCUT2D eigenvalue weighted by Crippen LogP contribution is -2.51. The number of hydrogen-bond acceptors (Lipinski definition) is 4. The lowest BCUT2D eigenvalue weighted by Gasteiger charge is -2.34. The van der Waals surface area contributed by atoms with Crippen molar-refractivity contribution in [1.29, 1.82) is 0 Å². The molecule has 0 aromatic rings. The van der Waals surface area contributed by atoms with E-state index >= 15 is 0 Å². The summed E-state index contributed by atoms with van der Waals surface area (Å²) in [6, 6.07) is 0.295. The first-order chi connectivity index (χ1) is 6.79. The fourth-order valence-electron chi connectivity index (χ4n) is 1.57. The van der Waals surface area contributed by atoms with Gasteiger partial charge in [-0.1, -0.05) is 19.1 Å². The summed E-state index contributed by atoms with van der Waals surface area (Å²) in [7, 11) is 0. The third kappa shape index (κ3) is 2.83. The maximum Gasteiger partial charge on any atom is 0.0782 e. The number of allylic oxidation sites excluding steroid dienone is 2. The minimum atomic E-state index is 0.0836. The molecule has 4 nitrogen and oxygen atoms in total. The van der Waals surface area contributed by atoms with Gasteiger partial charge in [0.15, 0.2) is 0 Å². The van der Waals surface area contributed by atoms with E-state index in [0.29, 0.717) is 6.54 Å². The van der Waals surface area contributed by atoms with E-state index in [9.17, 15) is 0 Å². The molecule has 1 heterocycles. The van der Waals surface area contributed by atoms with Gasteiger partial charge in [-0.3, -0.25) is 0 Å². The highest BCUT2D eigenvalue weighted by molar-refractivity contribution is 5.14. The van der Waals surface area contributed by atoms with Gasteiger partial charge in [-0.2, -0.15) is 0 Å². The molecule has 0 aromatic heterocycles. The molecule has 2 atom stereocenters. The van der Waals surface area contributed by atoms with Crippen LogP contribution in [0.1, 0.15) is 13.3 Å². The smallest absolute Gasteiger partial charge is 0.0782 e. The fraction of sp³-hybridized carbons (Fsp3) is 0.600. The number of nitrogens with one attached hydrogen (secondary N) is 1. The molecule has 1 aliphatic rings. The van der Waals surface area contributed by atoms with Crippen LogP contribution in [-0.2, 0) is 0 Å². The van der Waals surface area contributed by atoms with Gasteiger partial charge in [0.1, 0.15) is 0 Å². The maximum atomic E-state index is 6.03. The lowest BCUT2D eigenvalue weighted by atomic mass is 10.0. The highest BCUT2D eigenvalue weighted by atomic mass is 15.5. The SMILES string of the molecule is CCNN1C=CC=CC1C(N)CCN. The molecular formula is C10H20N4. The third-order valence-electron chi connectivity index (χ3n) is 2.27. The Bertz CT molecular complexity index is 212. The minimum absolute atomic E-state index is 0.0836. The second kappa shape index (κ2) is 5.80. The minimum Gasteiger partial charge on any atom is -0.330 e. The summed E-state index contributed by atoms with van der Waals surface area (Å²) >= 11 is 0. The van der Waals surface area contributed by atoms with Crippen LogP contribution in [0.2, 0.25) is 0 Å². The molecule has 0 bridgehead atoms. The summed E-state index contributed by atoms with van der Waals surface area (Å²) in [6.45, 7) is 3.59. The van der Waals surface area contributed by atoms with E-state index in [1.165, 1.54) is 0 Å². The van der Waals surface area contributed by atoms with Crippen molar-refractivity contribution in [2.45, 2.75) is 25.4 Å². The molecule has 4 heteroatoms. The molecule has 0 spiro atoms. The van der Waals surface area contributed by atoms with Crippen LogP contribution in [0.4, 0.5) is 0 Å². The van der Waals surface area contributed by atoms with Gasteiger partial charge in [-0.25, -0.2) is 5.43 Å². The Hall–Kier alpha value is -0.840. The topological polar surface area (TPSA) is 67.3 Å². The van der Waals surface area contributed by atoms with Gasteiger partial charge in [-0.15, -0.1) is 0 Å². The maximum absolute atomic E-state index is 6.03. The van der Waals surface area contributed by atoms with Gasteiger partial charge in [0.2, 0.25) is 0 Å². The van der Waals surface area contributed by atoms with Crippen molar-refractivity contribution in [1.82, 2.24) is 10.4 Å². The van der Waals surface area contributed by atoms with Crippen LogP contribution in [0.25, 0.3) is 0 Å². The highest BCUT2D eigenvalue weighted by Crippen LogP contribution is 2.10. The number of hydrogen-bond donors (Lipinski definition) is 3. The molecule has 14 heavy (non-hydrogen) atoms. The zero-order valence-electron chi connectivity index (χ0n) is 8.69. The Kier molecular flexibility index (Phi) is 4.65. The first-order valence-corrected chi connectivity index (χ1v) is 5.12. The van der Waals surface area contributed by atoms with Gasteiger partial charge in [-0.05, 0) is 19.0 Å². The third-order valence-corrected chi connectivity index (χ3v) is 2.27. The van der Waals surface area contributed by atoms with Crippen molar-refractivity contribution in [3.05, 3.63) is 24.4 Å². The average molecular weight is 196 g/mol. The van der Waals surface area contributed by atoms with Crippen molar-refractivity contribution >= 4 is 0 Å². The normalized spacial score (nSPS) is 22.8. The number of nitrogens with two attached hydrogens (primary N) is 2. The predicted molar refractivity (Wildman–Crippen MR) is 59.2 cm³/mol. The van der Waals surface area contributed by atoms with E-state index in [-0.39, 0.29) is 12.1 Å². The van der Waals surface area contributed by atoms with Crippen LogP contribution < -0.4 is 16.9 Å². The average Bonchev–Trinajstić information content (AvgIpc) is 2.19. The molecule has 0 fully saturated rings. The molecule has 2 unspecified atom stereocenters. The summed E-state index contributed by atoms with van der Waals surface area (Å²) in [5.74, 6) is 0. The highest BCUT2D eigenvalue weighted by Gasteiger charge is 2.20. The van der Waals surface area contributed by atoms with Gasteiger partial charge in [0, 0.05) is 18.8 Å². The molecule has 0 saturated heterocycles. The Morgan fingerprint density at radius 2 is 2.29 bits per heavy atom. The summed E-state index contributed by atoms with van der Waals surface area (Å²) in [6.07, 6.45) is 8.96. The van der Waals surface area contributed by atoms with Gasteiger partial charge < -0.3 is 16.5 Å². The Morgan fingerprint density at radius 3 is 2.93 bits per heavy atom. The van der Waals surface area contributed by atoms with Gasteiger partial charge in [0.25, 0.3) is 0 Å². The molecule has 0 radical (unpaired) electrons. The quantitative estimate of drug-likeness (QED) is 0.576. The van der Waals surface area contributed by atoms with Crippen LogP contribution in [0.5, 0.6) is 0 Å². The van der Waals surface area contributed by atoms with E-state index in [1.807, 2.05) is 23.4 Å². The summed E-state index contributed by atoms with van der Waals surface area (Å²) in [4.78, 5) is 0. The summed E-state index contributed by atoms with van der Waals surface area (Å²) < 4.78 is 0. The van der Waals surface area contributed by atoms with Crippen LogP contribution in [0.3, 0.4) is 0 Å². The fourth-order valence-corrected chi connectivity index (χ4v) is 1.57. The van der Waals surface area contributed by atoms with E-state index in [1.54, 1.807) is 0 Å². The Morgan fingerprint density at radius 1 is 1.50 bits per heavy atom. The number of rotatable bonds is 5. The van der Waals surface area contributed by atoms with E-state index in [0.717, 1.165) is 13.0 Å². The number of hydrazine groups is 1. The largest absolute Gasteiger partial charge is 0.330 e. The summed E-state index contributed by atoms with van der Waals surface area (Å²) in [5.41, 5.74) is 14.8. The van der Waals surface area contributed by atoms with E-state index in [4.69, 9.17) is 11.5 Å². The molecule has 0 amide bonds. The van der Waals surface area contributed by atoms with Crippen LogP contribution in [0, 0.1) is 0 Å². The predicted octanol–water partition coefficient (Wildman–Crippen LogP) is -0.0589. The Balaban J connectivity index is 2.55. The molecule has 0 aromatic carbocycles. The molecule has 0 aliphatic carbocycles.